The number of aliphatic carboxylic acids is 1. The number of carbonyl (C=O) groups is 6. The van der Waals surface area contributed by atoms with Crippen molar-refractivity contribution >= 4 is 35.5 Å². The van der Waals surface area contributed by atoms with Crippen molar-refractivity contribution in [2.45, 2.75) is 57.2 Å². The molecule has 2 fully saturated rings. The number of carboxylic acid groups (broad SMARTS) is 1. The summed E-state index contributed by atoms with van der Waals surface area (Å²) in [7, 11) is 0. The van der Waals surface area contributed by atoms with Gasteiger partial charge in [-0.3, -0.25) is 38.7 Å². The Labute approximate surface area is 202 Å². The SMILES string of the molecule is CC(C(=O)N[C@@](C)(CN1C(=O)CC[C@H](N2C(=O)c3ccccc3C2=O)C1=O)C(=O)O)N1CCCC1. The van der Waals surface area contributed by atoms with Gasteiger partial charge in [-0.05, 0) is 58.3 Å². The van der Waals surface area contributed by atoms with Gasteiger partial charge in [-0.2, -0.15) is 0 Å². The number of rotatable bonds is 7. The van der Waals surface area contributed by atoms with Gasteiger partial charge in [0.2, 0.25) is 11.8 Å². The molecule has 1 aromatic carbocycles. The van der Waals surface area contributed by atoms with Crippen LogP contribution in [0, 0.1) is 0 Å². The second kappa shape index (κ2) is 9.21. The summed E-state index contributed by atoms with van der Waals surface area (Å²) in [5.41, 5.74) is -1.61. The van der Waals surface area contributed by atoms with E-state index >= 15 is 0 Å². The van der Waals surface area contributed by atoms with Gasteiger partial charge in [0.1, 0.15) is 6.04 Å². The number of fused-ring (bicyclic) bond motifs is 1. The maximum Gasteiger partial charge on any atom is 0.331 e. The lowest BCUT2D eigenvalue weighted by Crippen LogP contribution is -2.65. The maximum atomic E-state index is 13.3. The van der Waals surface area contributed by atoms with Crippen molar-refractivity contribution < 1.29 is 33.9 Å². The zero-order valence-corrected chi connectivity index (χ0v) is 19.7. The van der Waals surface area contributed by atoms with Crippen LogP contribution in [0.1, 0.15) is 60.2 Å². The van der Waals surface area contributed by atoms with Crippen molar-refractivity contribution in [1.82, 2.24) is 20.0 Å². The predicted molar refractivity (Wildman–Crippen MR) is 121 cm³/mol. The van der Waals surface area contributed by atoms with Crippen molar-refractivity contribution in [3.8, 4) is 0 Å². The summed E-state index contributed by atoms with van der Waals surface area (Å²) in [6, 6.07) is 4.38. The van der Waals surface area contributed by atoms with Crippen LogP contribution in [0.2, 0.25) is 0 Å². The molecule has 11 heteroatoms. The molecule has 11 nitrogen and oxygen atoms in total. The number of piperidine rings is 1. The first-order valence-corrected chi connectivity index (χ1v) is 11.7. The molecule has 186 valence electrons. The van der Waals surface area contributed by atoms with Crippen LogP contribution in [0.15, 0.2) is 24.3 Å². The third kappa shape index (κ3) is 4.31. The molecule has 2 saturated heterocycles. The van der Waals surface area contributed by atoms with Crippen molar-refractivity contribution in [3.63, 3.8) is 0 Å². The van der Waals surface area contributed by atoms with Crippen LogP contribution < -0.4 is 5.32 Å². The highest BCUT2D eigenvalue weighted by atomic mass is 16.4. The fourth-order valence-electron chi connectivity index (χ4n) is 4.87. The van der Waals surface area contributed by atoms with Gasteiger partial charge in [-0.25, -0.2) is 4.79 Å². The van der Waals surface area contributed by atoms with E-state index in [2.05, 4.69) is 5.32 Å². The van der Waals surface area contributed by atoms with Crippen LogP contribution in [0.4, 0.5) is 0 Å². The lowest BCUT2D eigenvalue weighted by molar-refractivity contribution is -0.157. The molecule has 0 aliphatic carbocycles. The Morgan fingerprint density at radius 2 is 1.66 bits per heavy atom. The predicted octanol–water partition coefficient (Wildman–Crippen LogP) is 0.244. The van der Waals surface area contributed by atoms with Crippen LogP contribution in [0.25, 0.3) is 0 Å². The number of likely N-dealkylation sites (tertiary alicyclic amines) is 2. The van der Waals surface area contributed by atoms with E-state index in [0.717, 1.165) is 35.7 Å². The molecule has 0 bridgehead atoms. The lowest BCUT2D eigenvalue weighted by atomic mass is 9.96. The standard InChI is InChI=1S/C24H28N4O7/c1-14(26-11-5-6-12-26)19(30)25-24(2,23(34)35)13-27-18(29)10-9-17(22(27)33)28-20(31)15-7-3-4-8-16(15)21(28)32/h3-4,7-8,14,17H,5-6,9-13H2,1-2H3,(H,25,30)(H,34,35)/t14?,17-,24-/m0/s1. The van der Waals surface area contributed by atoms with Gasteiger partial charge in [0.15, 0.2) is 5.54 Å². The molecular formula is C24H28N4O7. The molecule has 3 aliphatic heterocycles. The van der Waals surface area contributed by atoms with Gasteiger partial charge in [0, 0.05) is 6.42 Å². The largest absolute Gasteiger partial charge is 0.479 e. The summed E-state index contributed by atoms with van der Waals surface area (Å²) < 4.78 is 0. The van der Waals surface area contributed by atoms with E-state index in [9.17, 15) is 33.9 Å². The van der Waals surface area contributed by atoms with Gasteiger partial charge in [0.05, 0.1) is 23.7 Å². The lowest BCUT2D eigenvalue weighted by Gasteiger charge is -2.38. The summed E-state index contributed by atoms with van der Waals surface area (Å²) in [6.07, 6.45) is 1.69. The Morgan fingerprint density at radius 1 is 1.09 bits per heavy atom. The van der Waals surface area contributed by atoms with E-state index in [1.807, 2.05) is 4.90 Å². The Balaban J connectivity index is 1.54. The van der Waals surface area contributed by atoms with E-state index < -0.39 is 59.7 Å². The normalized spacial score (nSPS) is 23.3. The molecule has 5 amide bonds. The molecule has 0 spiro atoms. The second-order valence-electron chi connectivity index (χ2n) is 9.44. The number of hydrogen-bond donors (Lipinski definition) is 2. The molecule has 0 saturated carbocycles. The highest BCUT2D eigenvalue weighted by Gasteiger charge is 2.49. The smallest absolute Gasteiger partial charge is 0.331 e. The average Bonchev–Trinajstić information content (AvgIpc) is 3.44. The highest BCUT2D eigenvalue weighted by Crippen LogP contribution is 2.29. The van der Waals surface area contributed by atoms with Crippen molar-refractivity contribution in [1.29, 1.82) is 0 Å². The van der Waals surface area contributed by atoms with Crippen LogP contribution in [0.5, 0.6) is 0 Å². The molecule has 0 aromatic heterocycles. The van der Waals surface area contributed by atoms with Gasteiger partial charge < -0.3 is 10.4 Å². The highest BCUT2D eigenvalue weighted by molar-refractivity contribution is 6.23. The molecule has 0 radical (unpaired) electrons. The van der Waals surface area contributed by atoms with Crippen LogP contribution in [-0.4, -0.2) is 92.6 Å². The number of carbonyl (C=O) groups excluding carboxylic acids is 5. The number of amides is 5. The Bertz CT molecular complexity index is 1080. The number of imide groups is 2. The molecule has 3 heterocycles. The molecule has 3 atom stereocenters. The van der Waals surface area contributed by atoms with E-state index in [0.29, 0.717) is 0 Å². The second-order valence-corrected chi connectivity index (χ2v) is 9.44. The fourth-order valence-corrected chi connectivity index (χ4v) is 4.87. The van der Waals surface area contributed by atoms with E-state index in [4.69, 9.17) is 0 Å². The van der Waals surface area contributed by atoms with Gasteiger partial charge in [-0.1, -0.05) is 12.1 Å². The maximum absolute atomic E-state index is 13.3. The number of carboxylic acids is 1. The number of nitrogens with one attached hydrogen (secondary N) is 1. The molecular weight excluding hydrogens is 456 g/mol. The van der Waals surface area contributed by atoms with E-state index in [1.165, 1.54) is 19.1 Å². The first-order valence-electron chi connectivity index (χ1n) is 11.7. The topological polar surface area (TPSA) is 144 Å². The zero-order valence-electron chi connectivity index (χ0n) is 19.7. The number of benzene rings is 1. The third-order valence-electron chi connectivity index (χ3n) is 7.03. The Hall–Kier alpha value is -3.60. The van der Waals surface area contributed by atoms with Crippen LogP contribution in [0.3, 0.4) is 0 Å². The first-order chi connectivity index (χ1) is 16.5. The minimum absolute atomic E-state index is 0.0538. The number of nitrogens with zero attached hydrogens (tertiary/aromatic N) is 3. The molecule has 35 heavy (non-hydrogen) atoms. The third-order valence-corrected chi connectivity index (χ3v) is 7.03. The van der Waals surface area contributed by atoms with Gasteiger partial charge >= 0.3 is 5.97 Å². The Kier molecular flexibility index (Phi) is 6.46. The summed E-state index contributed by atoms with van der Waals surface area (Å²) in [5.74, 6) is -4.67. The van der Waals surface area contributed by atoms with Crippen molar-refractivity contribution in [2.24, 2.45) is 0 Å². The molecule has 1 unspecified atom stereocenters. The zero-order chi connectivity index (χ0) is 25.5. The molecule has 2 N–H and O–H groups in total. The molecule has 4 rings (SSSR count). The Morgan fingerprint density at radius 3 is 2.20 bits per heavy atom. The molecule has 1 aromatic rings. The molecule has 3 aliphatic rings. The van der Waals surface area contributed by atoms with Gasteiger partial charge in [-0.15, -0.1) is 0 Å². The fraction of sp³-hybridized carbons (Fsp3) is 0.500. The summed E-state index contributed by atoms with van der Waals surface area (Å²) >= 11 is 0. The minimum atomic E-state index is -1.96. The van der Waals surface area contributed by atoms with Crippen molar-refractivity contribution in [3.05, 3.63) is 35.4 Å². The quantitative estimate of drug-likeness (QED) is 0.524. The van der Waals surface area contributed by atoms with Crippen molar-refractivity contribution in [2.75, 3.05) is 19.6 Å². The van der Waals surface area contributed by atoms with E-state index in [1.54, 1.807) is 19.1 Å². The van der Waals surface area contributed by atoms with Crippen LogP contribution in [-0.2, 0) is 19.2 Å². The monoisotopic (exact) mass is 484 g/mol. The average molecular weight is 485 g/mol. The summed E-state index contributed by atoms with van der Waals surface area (Å²) in [5, 5.41) is 12.4. The summed E-state index contributed by atoms with van der Waals surface area (Å²) in [4.78, 5) is 80.3. The van der Waals surface area contributed by atoms with E-state index in [-0.39, 0.29) is 24.0 Å². The van der Waals surface area contributed by atoms with Crippen LogP contribution >= 0.6 is 0 Å². The van der Waals surface area contributed by atoms with Gasteiger partial charge in [0.25, 0.3) is 17.7 Å². The minimum Gasteiger partial charge on any atom is -0.479 e. The first kappa shape index (κ1) is 24.5. The number of hydrogen-bond acceptors (Lipinski definition) is 7. The summed E-state index contributed by atoms with van der Waals surface area (Å²) in [6.45, 7) is 3.74.